The van der Waals surface area contributed by atoms with Gasteiger partial charge in [0, 0.05) is 25.6 Å². The smallest absolute Gasteiger partial charge is 0.223 e. The van der Waals surface area contributed by atoms with Crippen molar-refractivity contribution in [2.75, 3.05) is 19.6 Å². The predicted octanol–water partition coefficient (Wildman–Crippen LogP) is 2.58. The van der Waals surface area contributed by atoms with Crippen molar-refractivity contribution in [3.8, 4) is 0 Å². The molecule has 6 nitrogen and oxygen atoms in total. The molecule has 0 aliphatic heterocycles. The molecule has 1 aromatic rings. The van der Waals surface area contributed by atoms with Gasteiger partial charge in [0.2, 0.25) is 5.91 Å². The molecular formula is C21H34N4O2. The Labute approximate surface area is 163 Å². The van der Waals surface area contributed by atoms with Crippen molar-refractivity contribution < 1.29 is 9.53 Å². The minimum absolute atomic E-state index is 0.148. The molecule has 1 aromatic carbocycles. The lowest BCUT2D eigenvalue weighted by Gasteiger charge is -2.19. The predicted molar refractivity (Wildman–Crippen MR) is 110 cm³/mol. The van der Waals surface area contributed by atoms with Crippen molar-refractivity contribution in [1.29, 1.82) is 0 Å². The monoisotopic (exact) mass is 374 g/mol. The highest BCUT2D eigenvalue weighted by Gasteiger charge is 2.28. The summed E-state index contributed by atoms with van der Waals surface area (Å²) in [5.74, 6) is 1.18. The Morgan fingerprint density at radius 1 is 1.15 bits per heavy atom. The van der Waals surface area contributed by atoms with E-state index in [1.54, 1.807) is 0 Å². The fraction of sp³-hybridized carbons (Fsp3) is 0.619. The molecule has 0 unspecified atom stereocenters. The zero-order valence-corrected chi connectivity index (χ0v) is 17.1. The van der Waals surface area contributed by atoms with Gasteiger partial charge in [0.1, 0.15) is 0 Å². The largest absolute Gasteiger partial charge is 0.371 e. The second-order valence-electron chi connectivity index (χ2n) is 7.91. The Bertz CT molecular complexity index is 633. The number of nitrogens with zero attached hydrogens (tertiary/aromatic N) is 1. The van der Waals surface area contributed by atoms with Gasteiger partial charge in [-0.15, -0.1) is 0 Å². The zero-order valence-electron chi connectivity index (χ0n) is 17.1. The van der Waals surface area contributed by atoms with Crippen LogP contribution in [0.2, 0.25) is 0 Å². The van der Waals surface area contributed by atoms with Crippen LogP contribution in [0.25, 0.3) is 0 Å². The number of ether oxygens (including phenoxy) is 1. The van der Waals surface area contributed by atoms with Crippen molar-refractivity contribution in [3.63, 3.8) is 0 Å². The van der Waals surface area contributed by atoms with Gasteiger partial charge >= 0.3 is 0 Å². The highest BCUT2D eigenvalue weighted by molar-refractivity contribution is 5.81. The van der Waals surface area contributed by atoms with E-state index in [2.05, 4.69) is 59.9 Å². The average molecular weight is 375 g/mol. The minimum Gasteiger partial charge on any atom is -0.371 e. The summed E-state index contributed by atoms with van der Waals surface area (Å²) in [6.07, 6.45) is 2.06. The number of rotatable bonds is 9. The van der Waals surface area contributed by atoms with Crippen LogP contribution in [0.3, 0.4) is 0 Å². The number of carbonyl (C=O) groups excluding carboxylic acids is 1. The molecule has 1 amide bonds. The summed E-state index contributed by atoms with van der Waals surface area (Å²) in [4.78, 5) is 16.3. The van der Waals surface area contributed by atoms with E-state index in [1.165, 1.54) is 0 Å². The van der Waals surface area contributed by atoms with Crippen LogP contribution in [0.4, 0.5) is 0 Å². The molecule has 1 aliphatic rings. The van der Waals surface area contributed by atoms with Gasteiger partial charge in [-0.3, -0.25) is 4.79 Å². The maximum absolute atomic E-state index is 11.6. The Hall–Kier alpha value is -2.08. The summed E-state index contributed by atoms with van der Waals surface area (Å²) in [7, 11) is 0. The van der Waals surface area contributed by atoms with Gasteiger partial charge in [-0.05, 0) is 51.7 Å². The first-order valence-electron chi connectivity index (χ1n) is 9.89. The number of hydrogen-bond acceptors (Lipinski definition) is 3. The van der Waals surface area contributed by atoms with E-state index in [9.17, 15) is 4.79 Å². The standard InChI is InChI=1S/C21H34N4O2/c1-5-22-20(24-12-11-23-19(26)18-9-10-18)25-14-16-7-6-8-17(13-16)15-27-21(2,3)4/h6-8,13,18H,5,9-12,14-15H2,1-4H3,(H,23,26)(H2,22,24,25). The van der Waals surface area contributed by atoms with Gasteiger partial charge in [0.25, 0.3) is 0 Å². The first-order chi connectivity index (χ1) is 12.9. The second-order valence-corrected chi connectivity index (χ2v) is 7.91. The quantitative estimate of drug-likeness (QED) is 0.353. The molecule has 0 bridgehead atoms. The average Bonchev–Trinajstić information content (AvgIpc) is 3.46. The highest BCUT2D eigenvalue weighted by Crippen LogP contribution is 2.28. The topological polar surface area (TPSA) is 74.8 Å². The molecule has 2 rings (SSSR count). The molecule has 0 radical (unpaired) electrons. The first-order valence-corrected chi connectivity index (χ1v) is 9.89. The maximum atomic E-state index is 11.6. The summed E-state index contributed by atoms with van der Waals surface area (Å²) < 4.78 is 5.85. The number of amides is 1. The summed E-state index contributed by atoms with van der Waals surface area (Å²) in [6, 6.07) is 8.32. The van der Waals surface area contributed by atoms with Crippen LogP contribution in [0.15, 0.2) is 29.3 Å². The number of guanidine groups is 1. The van der Waals surface area contributed by atoms with Gasteiger partial charge in [0.05, 0.1) is 18.8 Å². The van der Waals surface area contributed by atoms with Crippen LogP contribution in [0.1, 0.15) is 51.7 Å². The van der Waals surface area contributed by atoms with Gasteiger partial charge in [-0.25, -0.2) is 4.99 Å². The summed E-state index contributed by atoms with van der Waals surface area (Å²) >= 11 is 0. The Morgan fingerprint density at radius 3 is 2.52 bits per heavy atom. The molecule has 0 aromatic heterocycles. The number of carbonyl (C=O) groups is 1. The van der Waals surface area contributed by atoms with Crippen molar-refractivity contribution in [1.82, 2.24) is 16.0 Å². The lowest BCUT2D eigenvalue weighted by atomic mass is 10.1. The van der Waals surface area contributed by atoms with Gasteiger partial charge in [-0.2, -0.15) is 0 Å². The number of benzene rings is 1. The first kappa shape index (κ1) is 21.2. The maximum Gasteiger partial charge on any atom is 0.223 e. The van der Waals surface area contributed by atoms with E-state index in [0.29, 0.717) is 26.2 Å². The third-order valence-corrected chi connectivity index (χ3v) is 4.09. The molecule has 0 saturated heterocycles. The zero-order chi connectivity index (χ0) is 19.7. The summed E-state index contributed by atoms with van der Waals surface area (Å²) in [5, 5.41) is 9.45. The van der Waals surface area contributed by atoms with Crippen LogP contribution in [-0.2, 0) is 22.7 Å². The van der Waals surface area contributed by atoms with Crippen LogP contribution in [0, 0.1) is 5.92 Å². The van der Waals surface area contributed by atoms with E-state index in [-0.39, 0.29) is 17.4 Å². The Morgan fingerprint density at radius 2 is 1.85 bits per heavy atom. The van der Waals surface area contributed by atoms with Crippen LogP contribution < -0.4 is 16.0 Å². The van der Waals surface area contributed by atoms with E-state index in [4.69, 9.17) is 4.74 Å². The second kappa shape index (κ2) is 10.3. The molecule has 27 heavy (non-hydrogen) atoms. The van der Waals surface area contributed by atoms with Crippen LogP contribution in [-0.4, -0.2) is 37.1 Å². The van der Waals surface area contributed by atoms with Crippen molar-refractivity contribution >= 4 is 11.9 Å². The Kier molecular flexibility index (Phi) is 8.10. The van der Waals surface area contributed by atoms with Crippen molar-refractivity contribution in [2.24, 2.45) is 10.9 Å². The lowest BCUT2D eigenvalue weighted by Crippen LogP contribution is -2.41. The molecule has 6 heteroatoms. The molecule has 150 valence electrons. The molecular weight excluding hydrogens is 340 g/mol. The fourth-order valence-electron chi connectivity index (χ4n) is 2.49. The molecule has 1 fully saturated rings. The van der Waals surface area contributed by atoms with Gasteiger partial charge < -0.3 is 20.7 Å². The third kappa shape index (κ3) is 8.91. The van der Waals surface area contributed by atoms with Crippen molar-refractivity contribution in [2.45, 2.75) is 59.3 Å². The highest BCUT2D eigenvalue weighted by atomic mass is 16.5. The lowest BCUT2D eigenvalue weighted by molar-refractivity contribution is -0.122. The van der Waals surface area contributed by atoms with E-state index in [1.807, 2.05) is 13.0 Å². The number of hydrogen-bond donors (Lipinski definition) is 3. The number of aliphatic imine (C=N–C) groups is 1. The molecule has 0 atom stereocenters. The summed E-state index contributed by atoms with van der Waals surface area (Å²) in [5.41, 5.74) is 2.15. The SMILES string of the molecule is CCNC(=NCc1cccc(COC(C)(C)C)c1)NCCNC(=O)C1CC1. The van der Waals surface area contributed by atoms with E-state index < -0.39 is 0 Å². The van der Waals surface area contributed by atoms with Crippen LogP contribution in [0.5, 0.6) is 0 Å². The van der Waals surface area contributed by atoms with E-state index in [0.717, 1.165) is 36.5 Å². The number of nitrogens with one attached hydrogen (secondary N) is 3. The minimum atomic E-state index is -0.148. The fourth-order valence-corrected chi connectivity index (χ4v) is 2.49. The summed E-state index contributed by atoms with van der Waals surface area (Å²) in [6.45, 7) is 11.5. The third-order valence-electron chi connectivity index (χ3n) is 4.09. The van der Waals surface area contributed by atoms with Crippen LogP contribution >= 0.6 is 0 Å². The van der Waals surface area contributed by atoms with Gasteiger partial charge in [0.15, 0.2) is 5.96 Å². The molecule has 3 N–H and O–H groups in total. The Balaban J connectivity index is 1.81. The van der Waals surface area contributed by atoms with Crippen molar-refractivity contribution in [3.05, 3.63) is 35.4 Å². The molecule has 1 saturated carbocycles. The normalized spacial score (nSPS) is 14.7. The van der Waals surface area contributed by atoms with Gasteiger partial charge in [-0.1, -0.05) is 24.3 Å². The molecule has 0 heterocycles. The molecule has 0 spiro atoms. The van der Waals surface area contributed by atoms with E-state index >= 15 is 0 Å². The molecule has 1 aliphatic carbocycles.